The van der Waals surface area contributed by atoms with Crippen LogP contribution in [0.2, 0.25) is 0 Å². The van der Waals surface area contributed by atoms with E-state index in [1.807, 2.05) is 0 Å². The average Bonchev–Trinajstić information content (AvgIpc) is 2.92. The van der Waals surface area contributed by atoms with Crippen LogP contribution in [0.1, 0.15) is 47.5 Å². The Morgan fingerprint density at radius 3 is 2.05 bits per heavy atom. The van der Waals surface area contributed by atoms with Crippen LogP contribution >= 0.6 is 8.46 Å². The Morgan fingerprint density at radius 2 is 1.56 bits per heavy atom. The summed E-state index contributed by atoms with van der Waals surface area (Å²) in [5.41, 5.74) is -1.98. The van der Waals surface area contributed by atoms with Gasteiger partial charge in [0.1, 0.15) is 17.5 Å². The topological polar surface area (TPSA) is 206 Å². The minimum absolute atomic E-state index is 0.0162. The maximum Gasteiger partial charge on any atom is 0.410 e. The van der Waals surface area contributed by atoms with Crippen LogP contribution < -0.4 is 10.6 Å². The number of ether oxygens (including phenoxy) is 2. The third-order valence-electron chi connectivity index (χ3n) is 6.98. The van der Waals surface area contributed by atoms with Gasteiger partial charge in [0.15, 0.2) is 0 Å². The molecule has 5 atom stereocenters. The molecule has 41 heavy (non-hydrogen) atoms. The number of hydrogen-bond acceptors (Lipinski definition) is 10. The van der Waals surface area contributed by atoms with Gasteiger partial charge in [0.2, 0.25) is 22.2 Å². The molecule has 2 amide bonds. The van der Waals surface area contributed by atoms with Gasteiger partial charge in [0.05, 0.1) is 10.8 Å². The summed E-state index contributed by atoms with van der Waals surface area (Å²) in [6.07, 6.45) is -3.17. The third-order valence-corrected chi connectivity index (χ3v) is 10.1. The zero-order chi connectivity index (χ0) is 31.2. The lowest BCUT2D eigenvalue weighted by molar-refractivity contribution is -0.169. The maximum absolute atomic E-state index is 13.6. The number of rotatable bonds is 12. The molecule has 14 nitrogen and oxygen atoms in total. The Hall–Kier alpha value is -3.13. The van der Waals surface area contributed by atoms with Crippen LogP contribution in [0.25, 0.3) is 0 Å². The van der Waals surface area contributed by atoms with Crippen molar-refractivity contribution in [3.8, 4) is 0 Å². The second-order valence-electron chi connectivity index (χ2n) is 10.1. The molecule has 1 fully saturated rings. The van der Waals surface area contributed by atoms with Gasteiger partial charge in [-0.1, -0.05) is 36.6 Å². The molecule has 1 aromatic rings. The lowest BCUT2D eigenvalue weighted by Gasteiger charge is -2.45. The smallest absolute Gasteiger partial charge is 0.410 e. The number of amides is 2. The summed E-state index contributed by atoms with van der Waals surface area (Å²) in [4.78, 5) is 49.4. The summed E-state index contributed by atoms with van der Waals surface area (Å²) in [7, 11) is -5.60. The van der Waals surface area contributed by atoms with E-state index in [1.165, 1.54) is 32.9 Å². The first kappa shape index (κ1) is 34.1. The number of aliphatic hydroxyl groups is 1. The highest BCUT2D eigenvalue weighted by Crippen LogP contribution is 2.50. The molecule has 0 bridgehead atoms. The second-order valence-corrected chi connectivity index (χ2v) is 13.0. The van der Waals surface area contributed by atoms with Crippen LogP contribution in [-0.2, 0) is 38.4 Å². The molecule has 16 heteroatoms. The number of carbonyl (C=O) groups is 4. The maximum atomic E-state index is 13.6. The monoisotopic (exact) mass is 618 g/mol. The van der Waals surface area contributed by atoms with Crippen molar-refractivity contribution in [2.24, 2.45) is 11.3 Å². The molecular formula is C25H37N3O11PS+. The van der Waals surface area contributed by atoms with Gasteiger partial charge < -0.3 is 30.3 Å². The van der Waals surface area contributed by atoms with Gasteiger partial charge in [0.25, 0.3) is 5.34 Å². The fraction of sp³-hybridized carbons (Fsp3) is 0.600. The van der Waals surface area contributed by atoms with Gasteiger partial charge in [-0.2, -0.15) is 4.31 Å². The second kappa shape index (κ2) is 13.7. The lowest BCUT2D eigenvalue weighted by Crippen LogP contribution is -2.66. The minimum Gasteiger partial charge on any atom is -0.480 e. The fourth-order valence-electron chi connectivity index (χ4n) is 4.42. The van der Waals surface area contributed by atoms with Crippen molar-refractivity contribution in [2.75, 3.05) is 13.1 Å². The summed E-state index contributed by atoms with van der Waals surface area (Å²) >= 11 is 0. The van der Waals surface area contributed by atoms with Crippen molar-refractivity contribution >= 4 is 42.4 Å². The first-order chi connectivity index (χ1) is 19.0. The molecule has 1 aliphatic heterocycles. The highest BCUT2D eigenvalue weighted by atomic mass is 32.2. The standard InChI is InChI=1S/C25H36N3O11PS/c1-15(2)21(31)38-18(5)39-23(33)27-17(4)25(34,40-35)24(22(32)26-16(3)20(29)30)11-13-28(14-12-24)41(36,37)19-9-7-6-8-10-19/h6-10,15-18,34H,11-14H2,1-5H3,(H,26,32)(H,27,33)(H,29,30)/p+1. The largest absolute Gasteiger partial charge is 0.480 e. The molecule has 2 rings (SSSR count). The molecule has 5 unspecified atom stereocenters. The van der Waals surface area contributed by atoms with Crippen LogP contribution in [0, 0.1) is 11.3 Å². The van der Waals surface area contributed by atoms with E-state index < -0.39 is 77.5 Å². The van der Waals surface area contributed by atoms with Crippen molar-refractivity contribution in [3.63, 3.8) is 0 Å². The van der Waals surface area contributed by atoms with E-state index >= 15 is 0 Å². The number of aliphatic carboxylic acids is 1. The zero-order valence-electron chi connectivity index (χ0n) is 23.4. The summed E-state index contributed by atoms with van der Waals surface area (Å²) in [5, 5.41) is 23.2. The molecule has 0 spiro atoms. The number of esters is 1. The number of benzene rings is 1. The first-order valence-corrected chi connectivity index (χ1v) is 15.2. The van der Waals surface area contributed by atoms with Crippen molar-refractivity contribution in [2.45, 2.75) is 76.1 Å². The van der Waals surface area contributed by atoms with Crippen molar-refractivity contribution in [1.82, 2.24) is 14.9 Å². The van der Waals surface area contributed by atoms with Gasteiger partial charge >= 0.3 is 26.5 Å². The number of piperidine rings is 1. The number of carboxylic acids is 1. The van der Waals surface area contributed by atoms with Gasteiger partial charge in [-0.25, -0.2) is 13.2 Å². The molecule has 1 heterocycles. The van der Waals surface area contributed by atoms with E-state index in [0.717, 1.165) is 4.31 Å². The summed E-state index contributed by atoms with van der Waals surface area (Å²) in [6, 6.07) is 4.75. The van der Waals surface area contributed by atoms with E-state index in [0.29, 0.717) is 0 Å². The van der Waals surface area contributed by atoms with Crippen LogP contribution in [0.5, 0.6) is 0 Å². The molecule has 228 valence electrons. The van der Waals surface area contributed by atoms with Crippen molar-refractivity contribution in [3.05, 3.63) is 30.3 Å². The molecule has 4 N–H and O–H groups in total. The number of carbonyl (C=O) groups excluding carboxylic acids is 3. The average molecular weight is 619 g/mol. The van der Waals surface area contributed by atoms with E-state index in [1.54, 1.807) is 32.0 Å². The van der Waals surface area contributed by atoms with Crippen molar-refractivity contribution in [1.29, 1.82) is 0 Å². The van der Waals surface area contributed by atoms with Gasteiger partial charge in [0, 0.05) is 20.0 Å². The fourth-order valence-corrected chi connectivity index (χ4v) is 6.69. The molecule has 1 aromatic carbocycles. The summed E-state index contributed by atoms with van der Waals surface area (Å²) in [6.45, 7) is 6.35. The minimum atomic E-state index is -3.98. The van der Waals surface area contributed by atoms with Gasteiger partial charge in [-0.3, -0.25) is 14.4 Å². The first-order valence-electron chi connectivity index (χ1n) is 12.9. The summed E-state index contributed by atoms with van der Waals surface area (Å²) < 4.78 is 50.1. The Kier molecular flexibility index (Phi) is 11.4. The predicted octanol–water partition coefficient (Wildman–Crippen LogP) is 1.42. The number of hydrogen-bond donors (Lipinski definition) is 4. The highest BCUT2D eigenvalue weighted by molar-refractivity contribution is 7.89. The number of carboxylic acid groups (broad SMARTS) is 1. The molecule has 0 saturated carbocycles. The summed E-state index contributed by atoms with van der Waals surface area (Å²) in [5.74, 6) is -3.46. The van der Waals surface area contributed by atoms with Crippen LogP contribution in [0.15, 0.2) is 35.2 Å². The van der Waals surface area contributed by atoms with Crippen molar-refractivity contribution < 1.29 is 51.8 Å². The van der Waals surface area contributed by atoms with E-state index in [9.17, 15) is 42.4 Å². The van der Waals surface area contributed by atoms with E-state index in [4.69, 9.17) is 9.47 Å². The zero-order valence-corrected chi connectivity index (χ0v) is 25.3. The van der Waals surface area contributed by atoms with E-state index in [2.05, 4.69) is 10.6 Å². The predicted molar refractivity (Wildman–Crippen MR) is 146 cm³/mol. The van der Waals surface area contributed by atoms with Crippen LogP contribution in [0.3, 0.4) is 0 Å². The Bertz CT molecular complexity index is 1240. The Morgan fingerprint density at radius 1 is 1.00 bits per heavy atom. The van der Waals surface area contributed by atoms with Gasteiger partial charge in [-0.15, -0.1) is 0 Å². The normalized spacial score (nSPS) is 19.3. The van der Waals surface area contributed by atoms with Crippen LogP contribution in [0.4, 0.5) is 4.79 Å². The number of sulfonamides is 1. The molecule has 0 radical (unpaired) electrons. The highest BCUT2D eigenvalue weighted by Gasteiger charge is 2.66. The Balaban J connectivity index is 2.36. The SMILES string of the molecule is CC(OC(=O)NC(C)C(O)([PH+]=O)C1(C(=O)NC(C)C(=O)O)CCN(S(=O)(=O)c2ccccc2)CC1)OC(=O)C(C)C. The van der Waals surface area contributed by atoms with Crippen LogP contribution in [-0.4, -0.2) is 83.7 Å². The van der Waals surface area contributed by atoms with E-state index in [-0.39, 0.29) is 30.8 Å². The lowest BCUT2D eigenvalue weighted by atomic mass is 9.70. The number of nitrogens with one attached hydrogen (secondary N) is 2. The molecule has 0 aliphatic carbocycles. The molecule has 1 aliphatic rings. The Labute approximate surface area is 240 Å². The quantitative estimate of drug-likeness (QED) is 0.150. The molecule has 0 aromatic heterocycles. The van der Waals surface area contributed by atoms with Gasteiger partial charge in [-0.05, 0) is 38.8 Å². The molecule has 1 saturated heterocycles. The third kappa shape index (κ3) is 7.59. The molecular weight excluding hydrogens is 581 g/mol. The number of nitrogens with zero attached hydrogens (tertiary/aromatic N) is 1. The number of alkyl carbamates (subject to hydrolysis) is 1.